The largest absolute Gasteiger partial charge is 0.455 e. The van der Waals surface area contributed by atoms with Gasteiger partial charge >= 0.3 is 0 Å². The maximum absolute atomic E-state index is 6.94. The van der Waals surface area contributed by atoms with Gasteiger partial charge in [0.15, 0.2) is 0 Å². The number of furan rings is 1. The third-order valence-electron chi connectivity index (χ3n) is 16.3. The second-order valence-corrected chi connectivity index (χ2v) is 20.4. The molecule has 0 radical (unpaired) electrons. The molecule has 0 aliphatic rings. The van der Waals surface area contributed by atoms with Crippen molar-refractivity contribution in [2.24, 2.45) is 0 Å². The van der Waals surface area contributed by atoms with Gasteiger partial charge in [0, 0.05) is 71.2 Å². The van der Waals surface area contributed by atoms with Crippen molar-refractivity contribution in [3.05, 3.63) is 267 Å². The summed E-state index contributed by atoms with van der Waals surface area (Å²) in [5.41, 5.74) is 20.3. The highest BCUT2D eigenvalue weighted by molar-refractivity contribution is 6.24. The van der Waals surface area contributed by atoms with Gasteiger partial charge in [-0.05, 0) is 156 Å². The minimum Gasteiger partial charge on any atom is -0.455 e. The van der Waals surface area contributed by atoms with Gasteiger partial charge in [-0.1, -0.05) is 133 Å². The van der Waals surface area contributed by atoms with Crippen LogP contribution in [0.5, 0.6) is 0 Å². The van der Waals surface area contributed by atoms with E-state index >= 15 is 0 Å². The van der Waals surface area contributed by atoms with Gasteiger partial charge in [0.25, 0.3) is 0 Å². The number of benzene rings is 12. The Balaban J connectivity index is 0.875. The monoisotopic (exact) mass is 980 g/mol. The van der Waals surface area contributed by atoms with Crippen LogP contribution in [0, 0.1) is 0 Å². The number of hydrogen-bond donors (Lipinski definition) is 0. The molecule has 5 heteroatoms. The first kappa shape index (κ1) is 42.0. The summed E-state index contributed by atoms with van der Waals surface area (Å²) in [5.74, 6) is 0. The van der Waals surface area contributed by atoms with Crippen molar-refractivity contribution in [3.8, 4) is 45.0 Å². The lowest BCUT2D eigenvalue weighted by atomic mass is 9.98. The molecule has 12 aromatic carbocycles. The Morgan fingerprint density at radius 2 is 0.558 bits per heavy atom. The molecule has 5 aromatic heterocycles. The molecule has 0 aliphatic heterocycles. The van der Waals surface area contributed by atoms with Crippen LogP contribution in [0.2, 0.25) is 0 Å². The predicted octanol–water partition coefficient (Wildman–Crippen LogP) is 19.3. The highest BCUT2D eigenvalue weighted by atomic mass is 16.3. The minimum absolute atomic E-state index is 0.867. The first-order valence-corrected chi connectivity index (χ1v) is 26.4. The van der Waals surface area contributed by atoms with Crippen LogP contribution in [0.1, 0.15) is 0 Å². The summed E-state index contributed by atoms with van der Waals surface area (Å²) >= 11 is 0. The molecule has 0 saturated heterocycles. The van der Waals surface area contributed by atoms with Gasteiger partial charge in [-0.3, -0.25) is 0 Å². The smallest absolute Gasteiger partial charge is 0.145 e. The molecule has 0 fully saturated rings. The molecule has 0 saturated carbocycles. The third-order valence-corrected chi connectivity index (χ3v) is 16.3. The van der Waals surface area contributed by atoms with Gasteiger partial charge in [0.2, 0.25) is 0 Å². The van der Waals surface area contributed by atoms with E-state index in [2.05, 4.69) is 285 Å². The molecule has 5 nitrogen and oxygen atoms in total. The lowest BCUT2D eigenvalue weighted by Crippen LogP contribution is -1.94. The predicted molar refractivity (Wildman–Crippen MR) is 322 cm³/mol. The van der Waals surface area contributed by atoms with Gasteiger partial charge in [0.1, 0.15) is 11.2 Å². The number of fused-ring (bicyclic) bond motifs is 16. The summed E-state index contributed by atoms with van der Waals surface area (Å²) in [6.45, 7) is 0. The van der Waals surface area contributed by atoms with E-state index in [-0.39, 0.29) is 0 Å². The third kappa shape index (κ3) is 6.11. The van der Waals surface area contributed by atoms with Crippen molar-refractivity contribution in [3.63, 3.8) is 0 Å². The molecule has 358 valence electrons. The van der Waals surface area contributed by atoms with E-state index in [0.29, 0.717) is 0 Å². The Labute approximate surface area is 441 Å². The van der Waals surface area contributed by atoms with Gasteiger partial charge in [-0.2, -0.15) is 0 Å². The maximum atomic E-state index is 6.94. The molecule has 0 aliphatic carbocycles. The summed E-state index contributed by atoms with van der Waals surface area (Å²) in [5, 5.41) is 11.8. The quantitative estimate of drug-likeness (QED) is 0.163. The van der Waals surface area contributed by atoms with Crippen LogP contribution < -0.4 is 0 Å². The Morgan fingerprint density at radius 3 is 1.03 bits per heavy atom. The molecule has 0 N–H and O–H groups in total. The van der Waals surface area contributed by atoms with Gasteiger partial charge in [-0.15, -0.1) is 0 Å². The molecule has 17 aromatic rings. The van der Waals surface area contributed by atoms with E-state index in [9.17, 15) is 0 Å². The number of aromatic nitrogens is 4. The molecule has 0 amide bonds. The zero-order valence-corrected chi connectivity index (χ0v) is 41.6. The summed E-state index contributed by atoms with van der Waals surface area (Å²) in [7, 11) is 0. The fraction of sp³-hybridized carbons (Fsp3) is 0. The van der Waals surface area contributed by atoms with Crippen molar-refractivity contribution in [1.29, 1.82) is 0 Å². The highest BCUT2D eigenvalue weighted by Crippen LogP contribution is 2.44. The zero-order valence-electron chi connectivity index (χ0n) is 41.6. The van der Waals surface area contributed by atoms with E-state index in [4.69, 9.17) is 4.42 Å². The molecule has 77 heavy (non-hydrogen) atoms. The molecule has 0 unspecified atom stereocenters. The van der Waals surface area contributed by atoms with Crippen LogP contribution in [-0.4, -0.2) is 18.3 Å². The van der Waals surface area contributed by atoms with Crippen LogP contribution in [0.15, 0.2) is 271 Å². The molecule has 0 spiro atoms. The maximum Gasteiger partial charge on any atom is 0.145 e. The van der Waals surface area contributed by atoms with Crippen LogP contribution >= 0.6 is 0 Å². The first-order chi connectivity index (χ1) is 38.2. The van der Waals surface area contributed by atoms with E-state index in [0.717, 1.165) is 72.1 Å². The molecular weight excluding hydrogens is 937 g/mol. The summed E-state index contributed by atoms with van der Waals surface area (Å²) in [6.07, 6.45) is 0. The van der Waals surface area contributed by atoms with E-state index in [1.807, 2.05) is 0 Å². The van der Waals surface area contributed by atoms with E-state index < -0.39 is 0 Å². The van der Waals surface area contributed by atoms with Crippen molar-refractivity contribution in [1.82, 2.24) is 18.3 Å². The lowest BCUT2D eigenvalue weighted by Gasteiger charge is -2.10. The molecule has 0 atom stereocenters. The number of hydrogen-bond acceptors (Lipinski definition) is 1. The fourth-order valence-corrected chi connectivity index (χ4v) is 12.9. The Kier molecular flexibility index (Phi) is 8.77. The zero-order chi connectivity index (χ0) is 50.3. The molecule has 0 bridgehead atoms. The van der Waals surface area contributed by atoms with E-state index in [1.54, 1.807) is 0 Å². The molecule has 5 heterocycles. The second kappa shape index (κ2) is 16.1. The average molecular weight is 981 g/mol. The average Bonchev–Trinajstić information content (AvgIpc) is 4.41. The van der Waals surface area contributed by atoms with Crippen molar-refractivity contribution < 1.29 is 4.42 Å². The molecule has 17 rings (SSSR count). The van der Waals surface area contributed by atoms with Crippen LogP contribution in [0.25, 0.3) is 154 Å². The molecular formula is C72H44N4O. The topological polar surface area (TPSA) is 32.9 Å². The SMILES string of the molecule is c1ccc(-n2c3ccccc3c3cc(-c4ccc5c(c4)c4cc(-c6ccc7c(c6)c6ccccc6n7-c6ccccc6)ccc4n5-c4ccc5oc6c(ccc7c6c6ccccc6n7-c6ccccc6)c5c4)ccc32)cc1. The van der Waals surface area contributed by atoms with Crippen molar-refractivity contribution in [2.45, 2.75) is 0 Å². The van der Waals surface area contributed by atoms with E-state index in [1.165, 1.54) is 82.0 Å². The second-order valence-electron chi connectivity index (χ2n) is 20.4. The Bertz CT molecular complexity index is 5050. The number of para-hydroxylation sites is 6. The van der Waals surface area contributed by atoms with Crippen LogP contribution in [-0.2, 0) is 0 Å². The van der Waals surface area contributed by atoms with Crippen LogP contribution in [0.3, 0.4) is 0 Å². The van der Waals surface area contributed by atoms with Crippen molar-refractivity contribution >= 4 is 109 Å². The highest BCUT2D eigenvalue weighted by Gasteiger charge is 2.22. The summed E-state index contributed by atoms with van der Waals surface area (Å²) < 4.78 is 16.5. The van der Waals surface area contributed by atoms with Gasteiger partial charge in [-0.25, -0.2) is 0 Å². The number of nitrogens with zero attached hydrogens (tertiary/aromatic N) is 4. The minimum atomic E-state index is 0.867. The normalized spacial score (nSPS) is 12.2. The first-order valence-electron chi connectivity index (χ1n) is 26.4. The summed E-state index contributed by atoms with van der Waals surface area (Å²) in [4.78, 5) is 0. The summed E-state index contributed by atoms with van der Waals surface area (Å²) in [6, 6.07) is 97.5. The Morgan fingerprint density at radius 1 is 0.208 bits per heavy atom. The standard InChI is InChI=1S/C72H44N4O/c1-4-16-49(17-5-1)73-62-25-13-10-22-53(62)57-40-45(28-34-65(57)73)47-30-36-67-59(42-47)60-43-48(46-29-35-66-58(41-46)54-23-11-14-26-63(54)74(66)50-18-6-2-7-19-50)31-37-68(60)76(67)52-32-39-70-61(44-52)55-33-38-69-71(72(55)77-70)56-24-12-15-27-64(56)75(69)51-20-8-3-9-21-51/h1-44H. The number of rotatable bonds is 6. The van der Waals surface area contributed by atoms with Crippen molar-refractivity contribution in [2.75, 3.05) is 0 Å². The van der Waals surface area contributed by atoms with Gasteiger partial charge in [0.05, 0.1) is 49.5 Å². The van der Waals surface area contributed by atoms with Gasteiger partial charge < -0.3 is 22.7 Å². The van der Waals surface area contributed by atoms with Crippen LogP contribution in [0.4, 0.5) is 0 Å². The lowest BCUT2D eigenvalue weighted by molar-refractivity contribution is 0.673. The fourth-order valence-electron chi connectivity index (χ4n) is 12.9. The Hall–Kier alpha value is -10.4.